The maximum Gasteiger partial charge on any atom is 0.255 e. The molecule has 3 aromatic rings. The zero-order valence-corrected chi connectivity index (χ0v) is 14.4. The standard InChI is InChI=1S/C18H21N5O2/c1-3-16(24)15-8-14-11-21(6-7-23(14)20-15)18(25)13-4-5-17-19-12(2)9-22(17)10-13/h4-5,8-10,16,24H,3,6-7,11H2,1-2H3/t16-/m0/s1. The molecule has 4 rings (SSSR count). The maximum atomic E-state index is 12.9. The molecule has 0 radical (unpaired) electrons. The molecule has 0 unspecified atom stereocenters. The molecule has 130 valence electrons. The lowest BCUT2D eigenvalue weighted by atomic mass is 10.2. The van der Waals surface area contributed by atoms with Gasteiger partial charge in [0, 0.05) is 18.9 Å². The van der Waals surface area contributed by atoms with Crippen LogP contribution in [-0.4, -0.2) is 41.6 Å². The minimum Gasteiger partial charge on any atom is -0.387 e. The smallest absolute Gasteiger partial charge is 0.255 e. The zero-order valence-electron chi connectivity index (χ0n) is 14.4. The van der Waals surface area contributed by atoms with Gasteiger partial charge in [-0.25, -0.2) is 4.98 Å². The van der Waals surface area contributed by atoms with Crippen LogP contribution in [0.4, 0.5) is 0 Å². The third-order valence-corrected chi connectivity index (χ3v) is 4.65. The fourth-order valence-corrected chi connectivity index (χ4v) is 3.26. The summed E-state index contributed by atoms with van der Waals surface area (Å²) < 4.78 is 3.77. The number of rotatable bonds is 3. The first-order valence-corrected chi connectivity index (χ1v) is 8.54. The van der Waals surface area contributed by atoms with Gasteiger partial charge in [-0.3, -0.25) is 9.48 Å². The lowest BCUT2D eigenvalue weighted by Gasteiger charge is -2.27. The number of aromatic nitrogens is 4. The van der Waals surface area contributed by atoms with Gasteiger partial charge in [0.25, 0.3) is 5.91 Å². The second kappa shape index (κ2) is 6.00. The number of aryl methyl sites for hydroxylation is 1. The van der Waals surface area contributed by atoms with Crippen molar-refractivity contribution in [2.45, 2.75) is 39.5 Å². The van der Waals surface area contributed by atoms with Crippen molar-refractivity contribution < 1.29 is 9.90 Å². The molecule has 1 aliphatic rings. The van der Waals surface area contributed by atoms with Crippen molar-refractivity contribution >= 4 is 11.6 Å². The van der Waals surface area contributed by atoms with E-state index in [2.05, 4.69) is 10.1 Å². The Morgan fingerprint density at radius 2 is 2.16 bits per heavy atom. The number of hydrogen-bond acceptors (Lipinski definition) is 4. The average molecular weight is 339 g/mol. The van der Waals surface area contributed by atoms with Crippen LogP contribution < -0.4 is 0 Å². The van der Waals surface area contributed by atoms with Gasteiger partial charge in [-0.2, -0.15) is 5.10 Å². The molecule has 3 aromatic heterocycles. The van der Waals surface area contributed by atoms with E-state index in [1.54, 1.807) is 0 Å². The quantitative estimate of drug-likeness (QED) is 0.791. The summed E-state index contributed by atoms with van der Waals surface area (Å²) in [4.78, 5) is 19.1. The number of imidazole rings is 1. The number of aliphatic hydroxyl groups is 1. The highest BCUT2D eigenvalue weighted by atomic mass is 16.3. The Bertz CT molecular complexity index is 942. The van der Waals surface area contributed by atoms with E-state index >= 15 is 0 Å². The molecule has 7 nitrogen and oxygen atoms in total. The van der Waals surface area contributed by atoms with Crippen molar-refractivity contribution in [3.8, 4) is 0 Å². The van der Waals surface area contributed by atoms with Gasteiger partial charge in [0.1, 0.15) is 5.65 Å². The summed E-state index contributed by atoms with van der Waals surface area (Å²) in [5.74, 6) is -0.00158. The highest BCUT2D eigenvalue weighted by molar-refractivity contribution is 5.94. The molecule has 1 atom stereocenters. The second-order valence-corrected chi connectivity index (χ2v) is 6.50. The Morgan fingerprint density at radius 3 is 2.96 bits per heavy atom. The molecular weight excluding hydrogens is 318 g/mol. The first-order valence-electron chi connectivity index (χ1n) is 8.54. The normalized spacial score (nSPS) is 15.4. The first kappa shape index (κ1) is 15.8. The van der Waals surface area contributed by atoms with Crippen molar-refractivity contribution in [3.63, 3.8) is 0 Å². The van der Waals surface area contributed by atoms with Gasteiger partial charge in [-0.1, -0.05) is 6.92 Å². The Labute approximate surface area is 145 Å². The number of nitrogens with zero attached hydrogens (tertiary/aromatic N) is 5. The third kappa shape index (κ3) is 2.80. The minimum absolute atomic E-state index is 0.00158. The maximum absolute atomic E-state index is 12.9. The molecule has 25 heavy (non-hydrogen) atoms. The Hall–Kier alpha value is -2.67. The fourth-order valence-electron chi connectivity index (χ4n) is 3.26. The molecule has 0 saturated heterocycles. The van der Waals surface area contributed by atoms with Crippen LogP contribution in [-0.2, 0) is 13.1 Å². The predicted molar refractivity (Wildman–Crippen MR) is 92.1 cm³/mol. The summed E-state index contributed by atoms with van der Waals surface area (Å²) in [7, 11) is 0. The molecule has 0 saturated carbocycles. The molecule has 0 aliphatic carbocycles. The Kier molecular flexibility index (Phi) is 3.80. The summed E-state index contributed by atoms with van der Waals surface area (Å²) in [6.07, 6.45) is 3.82. The van der Waals surface area contributed by atoms with E-state index < -0.39 is 6.10 Å². The van der Waals surface area contributed by atoms with Gasteiger partial charge >= 0.3 is 0 Å². The third-order valence-electron chi connectivity index (χ3n) is 4.65. The lowest BCUT2D eigenvalue weighted by molar-refractivity contribution is 0.0705. The van der Waals surface area contributed by atoms with Crippen LogP contribution in [0.15, 0.2) is 30.6 Å². The van der Waals surface area contributed by atoms with Crippen molar-refractivity contribution in [2.24, 2.45) is 0 Å². The fraction of sp³-hybridized carbons (Fsp3) is 0.389. The van der Waals surface area contributed by atoms with E-state index in [1.807, 2.05) is 58.4 Å². The first-order chi connectivity index (χ1) is 12.0. The molecule has 1 amide bonds. The second-order valence-electron chi connectivity index (χ2n) is 6.50. The van der Waals surface area contributed by atoms with Crippen molar-refractivity contribution in [2.75, 3.05) is 6.54 Å². The van der Waals surface area contributed by atoms with E-state index in [1.165, 1.54) is 0 Å². The van der Waals surface area contributed by atoms with Gasteiger partial charge in [0.05, 0.1) is 41.8 Å². The van der Waals surface area contributed by atoms with Gasteiger partial charge in [-0.15, -0.1) is 0 Å². The number of amides is 1. The minimum atomic E-state index is -0.547. The summed E-state index contributed by atoms with van der Waals surface area (Å²) in [5, 5.41) is 14.4. The highest BCUT2D eigenvalue weighted by Gasteiger charge is 2.24. The number of hydrogen-bond donors (Lipinski definition) is 1. The summed E-state index contributed by atoms with van der Waals surface area (Å²) in [6.45, 7) is 5.61. The predicted octanol–water partition coefficient (Wildman–Crippen LogP) is 1.94. The van der Waals surface area contributed by atoms with E-state index in [0.29, 0.717) is 37.3 Å². The Morgan fingerprint density at radius 1 is 1.32 bits per heavy atom. The van der Waals surface area contributed by atoms with Crippen LogP contribution in [0.1, 0.15) is 46.9 Å². The number of carbonyl (C=O) groups is 1. The molecule has 0 fully saturated rings. The van der Waals surface area contributed by atoms with Crippen LogP contribution >= 0.6 is 0 Å². The van der Waals surface area contributed by atoms with Gasteiger partial charge in [0.2, 0.25) is 0 Å². The highest BCUT2D eigenvalue weighted by Crippen LogP contribution is 2.21. The van der Waals surface area contributed by atoms with E-state index in [9.17, 15) is 9.90 Å². The Balaban J connectivity index is 1.57. The monoisotopic (exact) mass is 339 g/mol. The van der Waals surface area contributed by atoms with Gasteiger partial charge < -0.3 is 14.4 Å². The molecule has 0 aromatic carbocycles. The SMILES string of the molecule is CC[C@H](O)c1cc2n(n1)CCN(C(=O)c1ccc3nc(C)cn3c1)C2. The largest absolute Gasteiger partial charge is 0.387 e. The molecular formula is C18H21N5O2. The van der Waals surface area contributed by atoms with E-state index in [-0.39, 0.29) is 5.91 Å². The summed E-state index contributed by atoms with van der Waals surface area (Å²) in [6, 6.07) is 5.59. The molecule has 0 bridgehead atoms. The van der Waals surface area contributed by atoms with Crippen molar-refractivity contribution in [3.05, 3.63) is 53.2 Å². The van der Waals surface area contributed by atoms with Crippen LogP contribution in [0.3, 0.4) is 0 Å². The van der Waals surface area contributed by atoms with Gasteiger partial charge in [-0.05, 0) is 31.5 Å². The van der Waals surface area contributed by atoms with Gasteiger partial charge in [0.15, 0.2) is 0 Å². The molecule has 4 heterocycles. The number of fused-ring (bicyclic) bond motifs is 2. The molecule has 0 spiro atoms. The van der Waals surface area contributed by atoms with Crippen molar-refractivity contribution in [1.29, 1.82) is 0 Å². The number of aliphatic hydroxyl groups excluding tert-OH is 1. The van der Waals surface area contributed by atoms with Crippen LogP contribution in [0.2, 0.25) is 0 Å². The number of pyridine rings is 1. The van der Waals surface area contributed by atoms with Crippen LogP contribution in [0.5, 0.6) is 0 Å². The molecule has 1 N–H and O–H groups in total. The van der Waals surface area contributed by atoms with Crippen LogP contribution in [0, 0.1) is 6.92 Å². The van der Waals surface area contributed by atoms with E-state index in [0.717, 1.165) is 17.0 Å². The zero-order chi connectivity index (χ0) is 17.6. The van der Waals surface area contributed by atoms with Crippen LogP contribution in [0.25, 0.3) is 5.65 Å². The summed E-state index contributed by atoms with van der Waals surface area (Å²) in [5.41, 5.74) is 4.05. The lowest BCUT2D eigenvalue weighted by Crippen LogP contribution is -2.38. The average Bonchev–Trinajstić information content (AvgIpc) is 3.21. The summed E-state index contributed by atoms with van der Waals surface area (Å²) >= 11 is 0. The molecule has 1 aliphatic heterocycles. The molecule has 7 heteroatoms. The number of carbonyl (C=O) groups excluding carboxylic acids is 1. The van der Waals surface area contributed by atoms with E-state index in [4.69, 9.17) is 0 Å². The van der Waals surface area contributed by atoms with Crippen molar-refractivity contribution in [1.82, 2.24) is 24.1 Å². The topological polar surface area (TPSA) is 75.7 Å².